The lowest BCUT2D eigenvalue weighted by atomic mass is 10.1. The van der Waals surface area contributed by atoms with Gasteiger partial charge in [-0.2, -0.15) is 0 Å². The number of unbranched alkanes of at least 4 members (excludes halogenated alkanes) is 18. The summed E-state index contributed by atoms with van der Waals surface area (Å²) in [4.78, 5) is 32.3. The Bertz CT molecular complexity index is 636. The Morgan fingerprint density at radius 2 is 0.592 bits per heavy atom. The Labute approximate surface area is 299 Å². The molecule has 0 aromatic rings. The zero-order valence-electron chi connectivity index (χ0n) is 30.9. The minimum absolute atomic E-state index is 0.0694. The maximum absolute atomic E-state index is 10.2. The first-order chi connectivity index (χ1) is 23.7. The summed E-state index contributed by atoms with van der Waals surface area (Å²) >= 11 is 0. The first-order valence-electron chi connectivity index (χ1n) is 18.7. The lowest BCUT2D eigenvalue weighted by Gasteiger charge is -2.17. The number of hydrogen-bond donors (Lipinski definition) is 6. The molecule has 10 heteroatoms. The molecule has 0 radical (unpaired) electrons. The van der Waals surface area contributed by atoms with Crippen LogP contribution in [0.5, 0.6) is 0 Å². The molecule has 0 aromatic carbocycles. The fourth-order valence-corrected chi connectivity index (χ4v) is 4.58. The molecule has 0 fully saturated rings. The van der Waals surface area contributed by atoms with Gasteiger partial charge in [-0.05, 0) is 57.8 Å². The number of nitrogens with zero attached hydrogens (tertiary/aromatic N) is 1. The number of rotatable bonds is 33. The summed E-state index contributed by atoms with van der Waals surface area (Å²) in [6.45, 7) is 12.7. The highest BCUT2D eigenvalue weighted by Gasteiger charge is 2.00. The van der Waals surface area contributed by atoms with E-state index in [2.05, 4.69) is 19.7 Å². The molecular weight excluding hydrogens is 626 g/mol. The molecule has 0 bridgehead atoms. The van der Waals surface area contributed by atoms with E-state index in [1.807, 2.05) is 18.2 Å². The normalized spacial score (nSPS) is 10.0. The minimum Gasteiger partial charge on any atom is -0.481 e. The van der Waals surface area contributed by atoms with E-state index in [1.54, 1.807) is 4.90 Å². The number of aliphatic carboxylic acids is 3. The molecular formula is C39H75NO9. The van der Waals surface area contributed by atoms with Gasteiger partial charge in [-0.25, -0.2) is 0 Å². The first-order valence-corrected chi connectivity index (χ1v) is 18.7. The molecule has 0 rings (SSSR count). The van der Waals surface area contributed by atoms with E-state index < -0.39 is 17.9 Å². The molecule has 0 unspecified atom stereocenters. The highest BCUT2D eigenvalue weighted by Crippen LogP contribution is 2.10. The quantitative estimate of drug-likeness (QED) is 0.0288. The van der Waals surface area contributed by atoms with Crippen molar-refractivity contribution in [1.82, 2.24) is 4.90 Å². The first kappa shape index (κ1) is 53.3. The predicted molar refractivity (Wildman–Crippen MR) is 202 cm³/mol. The fourth-order valence-electron chi connectivity index (χ4n) is 4.58. The summed E-state index contributed by atoms with van der Waals surface area (Å²) < 4.78 is 0. The molecule has 0 atom stereocenters. The summed E-state index contributed by atoms with van der Waals surface area (Å²) in [6.07, 6.45) is 30.4. The van der Waals surface area contributed by atoms with Crippen molar-refractivity contribution < 1.29 is 45.0 Å². The average Bonchev–Trinajstić information content (AvgIpc) is 3.06. The van der Waals surface area contributed by atoms with E-state index >= 15 is 0 Å². The number of carbonyl (C=O) groups is 3. The molecule has 290 valence electrons. The zero-order valence-corrected chi connectivity index (χ0v) is 30.9. The van der Waals surface area contributed by atoms with Crippen LogP contribution in [0, 0.1) is 0 Å². The van der Waals surface area contributed by atoms with Crippen LogP contribution < -0.4 is 0 Å². The van der Waals surface area contributed by atoms with Crippen molar-refractivity contribution in [3.05, 3.63) is 38.0 Å². The van der Waals surface area contributed by atoms with Gasteiger partial charge >= 0.3 is 17.9 Å². The van der Waals surface area contributed by atoms with Crippen LogP contribution in [0.4, 0.5) is 0 Å². The van der Waals surface area contributed by atoms with Crippen LogP contribution in [0.15, 0.2) is 38.0 Å². The smallest absolute Gasteiger partial charge is 0.303 e. The van der Waals surface area contributed by atoms with Crippen LogP contribution in [0.3, 0.4) is 0 Å². The highest BCUT2D eigenvalue weighted by molar-refractivity contribution is 5.67. The van der Waals surface area contributed by atoms with Crippen molar-refractivity contribution in [2.45, 2.75) is 154 Å². The van der Waals surface area contributed by atoms with E-state index in [0.717, 1.165) is 57.8 Å². The number of aliphatic hydroxyl groups excluding tert-OH is 3. The van der Waals surface area contributed by atoms with Gasteiger partial charge in [0, 0.05) is 38.9 Å². The maximum Gasteiger partial charge on any atom is 0.303 e. The van der Waals surface area contributed by atoms with Crippen molar-refractivity contribution in [2.75, 3.05) is 39.5 Å². The van der Waals surface area contributed by atoms with Gasteiger partial charge in [0.05, 0.1) is 19.8 Å². The molecule has 0 saturated heterocycles. The van der Waals surface area contributed by atoms with E-state index in [-0.39, 0.29) is 19.8 Å². The molecule has 0 heterocycles. The van der Waals surface area contributed by atoms with Crippen LogP contribution in [-0.4, -0.2) is 92.9 Å². The third-order valence-electron chi connectivity index (χ3n) is 7.40. The van der Waals surface area contributed by atoms with Crippen LogP contribution in [0.1, 0.15) is 154 Å². The number of carboxylic acids is 3. The van der Waals surface area contributed by atoms with Crippen LogP contribution in [0.2, 0.25) is 0 Å². The minimum atomic E-state index is -0.674. The SMILES string of the molecule is C=CCCCCCCCCC(=O)O.C=CCCCCCCCCC(=O)O.C=CCCCCCCCCC(=O)O.OCCN(CCO)CCO. The Morgan fingerprint density at radius 3 is 0.776 bits per heavy atom. The van der Waals surface area contributed by atoms with Gasteiger partial charge in [0.1, 0.15) is 0 Å². The van der Waals surface area contributed by atoms with E-state index in [0.29, 0.717) is 38.9 Å². The lowest BCUT2D eigenvalue weighted by Crippen LogP contribution is -2.32. The second-order valence-corrected chi connectivity index (χ2v) is 12.0. The molecule has 0 aromatic heterocycles. The van der Waals surface area contributed by atoms with Crippen LogP contribution >= 0.6 is 0 Å². The van der Waals surface area contributed by atoms with E-state index in [9.17, 15) is 14.4 Å². The number of allylic oxidation sites excluding steroid dienone is 3. The summed E-state index contributed by atoms with van der Waals surface area (Å²) in [6, 6.07) is 0. The monoisotopic (exact) mass is 702 g/mol. The van der Waals surface area contributed by atoms with Crippen molar-refractivity contribution in [1.29, 1.82) is 0 Å². The summed E-state index contributed by atoms with van der Waals surface area (Å²) in [5, 5.41) is 50.6. The molecule has 0 aliphatic carbocycles. The zero-order chi connectivity index (χ0) is 37.6. The van der Waals surface area contributed by atoms with Crippen molar-refractivity contribution in [3.8, 4) is 0 Å². The Morgan fingerprint density at radius 1 is 0.388 bits per heavy atom. The Kier molecular flexibility index (Phi) is 54.2. The van der Waals surface area contributed by atoms with Crippen molar-refractivity contribution in [3.63, 3.8) is 0 Å². The van der Waals surface area contributed by atoms with Crippen molar-refractivity contribution in [2.24, 2.45) is 0 Å². The number of hydrogen-bond acceptors (Lipinski definition) is 7. The second-order valence-electron chi connectivity index (χ2n) is 12.0. The topological polar surface area (TPSA) is 176 Å². The van der Waals surface area contributed by atoms with E-state index in [1.165, 1.54) is 77.0 Å². The van der Waals surface area contributed by atoms with Gasteiger partial charge < -0.3 is 30.6 Å². The number of aliphatic hydroxyl groups is 3. The molecule has 49 heavy (non-hydrogen) atoms. The van der Waals surface area contributed by atoms with E-state index in [4.69, 9.17) is 30.6 Å². The predicted octanol–water partition coefficient (Wildman–Crippen LogP) is 8.40. The molecule has 0 spiro atoms. The molecule has 0 aliphatic heterocycles. The van der Waals surface area contributed by atoms with Gasteiger partial charge in [0.15, 0.2) is 0 Å². The Balaban J connectivity index is -0.000000277. The van der Waals surface area contributed by atoms with Gasteiger partial charge in [0.2, 0.25) is 0 Å². The molecule has 0 amide bonds. The van der Waals surface area contributed by atoms with Crippen molar-refractivity contribution >= 4 is 17.9 Å². The molecule has 0 saturated carbocycles. The van der Waals surface area contributed by atoms with Crippen LogP contribution in [0.25, 0.3) is 0 Å². The number of carboxylic acid groups (broad SMARTS) is 3. The molecule has 0 aliphatic rings. The largest absolute Gasteiger partial charge is 0.481 e. The fraction of sp³-hybridized carbons (Fsp3) is 0.769. The lowest BCUT2D eigenvalue weighted by molar-refractivity contribution is -0.138. The average molecular weight is 702 g/mol. The third kappa shape index (κ3) is 64.6. The van der Waals surface area contributed by atoms with Gasteiger partial charge in [-0.15, -0.1) is 19.7 Å². The van der Waals surface area contributed by atoms with Gasteiger partial charge in [-0.1, -0.05) is 95.3 Å². The highest BCUT2D eigenvalue weighted by atomic mass is 16.4. The Hall–Kier alpha value is -2.53. The standard InChI is InChI=1S/3C11H20O2.C6H15NO3/c3*1-2-3-4-5-6-7-8-9-10-11(12)13;8-4-1-7(2-5-9)3-6-10/h3*2H,1,3-10H2,(H,12,13);8-10H,1-6H2. The molecule has 10 nitrogen and oxygen atoms in total. The van der Waals surface area contributed by atoms with Crippen LogP contribution in [-0.2, 0) is 14.4 Å². The second kappa shape index (κ2) is 49.9. The summed E-state index contributed by atoms with van der Waals surface area (Å²) in [5.74, 6) is -2.02. The third-order valence-corrected chi connectivity index (χ3v) is 7.40. The molecule has 6 N–H and O–H groups in total. The van der Waals surface area contributed by atoms with Gasteiger partial charge in [0.25, 0.3) is 0 Å². The summed E-state index contributed by atoms with van der Waals surface area (Å²) in [7, 11) is 0. The summed E-state index contributed by atoms with van der Waals surface area (Å²) in [5.41, 5.74) is 0. The van der Waals surface area contributed by atoms with Gasteiger partial charge in [-0.3, -0.25) is 19.3 Å². The maximum atomic E-state index is 10.2.